The quantitative estimate of drug-likeness (QED) is 0.0144. The van der Waals surface area contributed by atoms with Gasteiger partial charge in [-0.25, -0.2) is 30.6 Å². The van der Waals surface area contributed by atoms with Gasteiger partial charge < -0.3 is 28.9 Å². The summed E-state index contributed by atoms with van der Waals surface area (Å²) in [7, 11) is 0. The first kappa shape index (κ1) is 98.6. The van der Waals surface area contributed by atoms with Gasteiger partial charge in [-0.15, -0.1) is 52.8 Å². The number of pyridine rings is 2. The van der Waals surface area contributed by atoms with E-state index in [-0.39, 0.29) is 112 Å². The minimum atomic E-state index is -5.04. The predicted octanol–water partition coefficient (Wildman–Crippen LogP) is 20.1. The van der Waals surface area contributed by atoms with Crippen molar-refractivity contribution in [2.24, 2.45) is 5.16 Å². The Hall–Kier alpha value is -9.73. The fourth-order valence-corrected chi connectivity index (χ4v) is 9.43. The van der Waals surface area contributed by atoms with Crippen LogP contribution in [0, 0.1) is 24.0 Å². The Morgan fingerprint density at radius 2 is 0.862 bits per heavy atom. The molecule has 6 aromatic heterocycles. The van der Waals surface area contributed by atoms with E-state index in [4.69, 9.17) is 60.8 Å². The fourth-order valence-electron chi connectivity index (χ4n) is 9.31. The Kier molecular flexibility index (Phi) is 36.1. The molecule has 0 spiro atoms. The van der Waals surface area contributed by atoms with Gasteiger partial charge in [-0.1, -0.05) is 69.9 Å². The number of halogens is 31. The number of benzene rings is 6. The van der Waals surface area contributed by atoms with Gasteiger partial charge in [0.15, 0.2) is 24.4 Å². The smallest absolute Gasteiger partial charge is 0.769 e. The average molecular weight is 1780 g/mol. The molecule has 3 N–H and O–H groups in total. The number of carbonyl (C=O) groups is 1. The largest absolute Gasteiger partial charge is 1.00 e. The summed E-state index contributed by atoms with van der Waals surface area (Å²) in [6.45, 7) is 0.0545. The van der Waals surface area contributed by atoms with Gasteiger partial charge in [0.2, 0.25) is 12.3 Å². The van der Waals surface area contributed by atoms with Crippen LogP contribution in [0.15, 0.2) is 185 Å². The van der Waals surface area contributed by atoms with Crippen LogP contribution in [0.4, 0.5) is 114 Å². The molecule has 0 saturated carbocycles. The Bertz CT molecular complexity index is 5230. The standard InChI is InChI=1S/C24H13F7N4O.C12H6ClF6NO.C12H8FN3.C9H5F6NO.C9H4F6O.C3H3Cl.CH2Cl2.ClO.Na/c25-18-4-2-1-3-16(18)22-32-19-7-8-35(12-21(19)33-22)11-14-10-20(34-36-14)15-6-5-13(23(26,27)28)9-17(15)24(29,30)31;13-5-7-4-10(20-21-7)8-2-1-6(11(14,15)16)3-9(8)12(17,18)19;13-9-4-2-1-3-8(9)12-15-10-5-6-14-7-11(10)16-12;10-8(11,12)6-2-1-5(4-16-17)7(3-6)9(13,14)15;10-8(11,12)6-2-1-5(4-16)7(3-6)9(13,14)15;1-2-3-4;2-1-3;1-2;/h1-10,12H,11H2;1-4H,5H2;1-7H,(H,15,16);1-4,17H;1-4H;1H,3H2;1H2;;/q;;;;;;;-1;+1/p+1/b;;;16-4+;;;;;. The number of nitrogens with zero attached hydrogens (tertiary/aromatic N) is 7. The first-order valence-electron chi connectivity index (χ1n) is 30.3. The number of imidazole rings is 2. The van der Waals surface area contributed by atoms with E-state index < -0.39 is 122 Å². The van der Waals surface area contributed by atoms with Crippen molar-refractivity contribution in [3.8, 4) is 57.6 Å². The number of H-pyrrole nitrogens is 2. The van der Waals surface area contributed by atoms with Crippen molar-refractivity contribution >= 4 is 92.8 Å². The zero-order valence-electron chi connectivity index (χ0n) is 57.2. The number of nitrogens with one attached hydrogen (secondary N) is 2. The van der Waals surface area contributed by atoms with Gasteiger partial charge in [-0.3, -0.25) is 9.78 Å². The number of oxime groups is 1. The van der Waals surface area contributed by atoms with Gasteiger partial charge >= 0.3 is 79.0 Å². The van der Waals surface area contributed by atoms with Crippen LogP contribution in [0.1, 0.15) is 71.9 Å². The van der Waals surface area contributed by atoms with Crippen molar-refractivity contribution < 1.29 is 172 Å². The third-order valence-electron chi connectivity index (χ3n) is 14.2. The summed E-state index contributed by atoms with van der Waals surface area (Å²) in [5.74, 6) is 2.80. The van der Waals surface area contributed by atoms with Crippen LogP contribution >= 0.6 is 58.3 Å². The third-order valence-corrected chi connectivity index (χ3v) is 14.7. The molecule has 0 aliphatic heterocycles. The van der Waals surface area contributed by atoms with Crippen LogP contribution in [-0.4, -0.2) is 64.2 Å². The van der Waals surface area contributed by atoms with Crippen LogP contribution in [0.25, 0.3) is 67.4 Å². The number of carbonyl (C=O) groups excluding carboxylic acids is 1. The molecular formula is C70H42Cl5F26N9NaO5+. The van der Waals surface area contributed by atoms with E-state index in [0.717, 1.165) is 23.2 Å². The summed E-state index contributed by atoms with van der Waals surface area (Å²) < 4.78 is 350. The summed E-state index contributed by atoms with van der Waals surface area (Å²) in [5, 5.41) is 17.7. The maximum Gasteiger partial charge on any atom is 1.00 e. The average Bonchev–Trinajstić information content (AvgIpc) is 1.27. The van der Waals surface area contributed by atoms with E-state index in [1.165, 1.54) is 18.2 Å². The number of aldehydes is 1. The minimum Gasteiger partial charge on any atom is -0.769 e. The molecule has 0 saturated heterocycles. The molecule has 14 nitrogen and oxygen atoms in total. The third kappa shape index (κ3) is 28.3. The Labute approximate surface area is 681 Å². The van der Waals surface area contributed by atoms with Gasteiger partial charge in [-0.05, 0) is 78.9 Å². The van der Waals surface area contributed by atoms with Crippen molar-refractivity contribution in [1.29, 1.82) is 0 Å². The van der Waals surface area contributed by atoms with E-state index >= 15 is 0 Å². The van der Waals surface area contributed by atoms with Crippen molar-refractivity contribution in [2.45, 2.75) is 61.8 Å². The van der Waals surface area contributed by atoms with E-state index in [1.54, 1.807) is 77.9 Å². The van der Waals surface area contributed by atoms with Crippen LogP contribution in [0.3, 0.4) is 0 Å². The van der Waals surface area contributed by atoms with Gasteiger partial charge in [0.1, 0.15) is 45.7 Å². The first-order chi connectivity index (χ1) is 53.6. The molecule has 0 aliphatic rings. The van der Waals surface area contributed by atoms with Gasteiger partial charge in [-0.2, -0.15) is 110 Å². The maximum absolute atomic E-state index is 14.1. The van der Waals surface area contributed by atoms with E-state index in [2.05, 4.69) is 69.1 Å². The van der Waals surface area contributed by atoms with Crippen molar-refractivity contribution in [3.05, 3.63) is 249 Å². The molecule has 0 atom stereocenters. The Morgan fingerprint density at radius 1 is 0.491 bits per heavy atom. The second-order valence-corrected chi connectivity index (χ2v) is 23.2. The number of aromatic nitrogens is 8. The summed E-state index contributed by atoms with van der Waals surface area (Å²) in [5.41, 5.74) is -11.2. The number of terminal acetylenes is 1. The van der Waals surface area contributed by atoms with Crippen molar-refractivity contribution in [1.82, 2.24) is 35.2 Å². The molecule has 12 rings (SSSR count). The summed E-state index contributed by atoms with van der Waals surface area (Å²) in [6.07, 6.45) is -27.9. The number of hydrogen-bond donors (Lipinski definition) is 3. The molecule has 116 heavy (non-hydrogen) atoms. The van der Waals surface area contributed by atoms with Crippen LogP contribution in [0.5, 0.6) is 0 Å². The molecule has 0 aliphatic carbocycles. The number of fused-ring (bicyclic) bond motifs is 2. The second-order valence-electron chi connectivity index (χ2n) is 21.8. The Morgan fingerprint density at radius 3 is 1.23 bits per heavy atom. The molecule has 0 bridgehead atoms. The molecule has 6 heterocycles. The molecule has 0 amide bonds. The number of hydrogen-bond acceptors (Lipinski definition) is 11. The number of alkyl halides is 28. The zero-order valence-corrected chi connectivity index (χ0v) is 62.9. The van der Waals surface area contributed by atoms with Crippen LogP contribution in [0.2, 0.25) is 0 Å². The maximum atomic E-state index is 14.1. The zero-order chi connectivity index (χ0) is 86.4. The summed E-state index contributed by atoms with van der Waals surface area (Å²) >= 11 is 23.3. The van der Waals surface area contributed by atoms with Crippen LogP contribution in [-0.2, 0) is 61.8 Å². The first-order valence-corrected chi connectivity index (χ1v) is 32.8. The van der Waals surface area contributed by atoms with E-state index in [9.17, 15) is 119 Å². The van der Waals surface area contributed by atoms with E-state index in [0.29, 0.717) is 82.8 Å². The fraction of sp³-hybridized carbons (Fsp3) is 0.171. The summed E-state index contributed by atoms with van der Waals surface area (Å²) in [6, 6.07) is 23.0. The molecule has 6 aromatic carbocycles. The molecule has 12 aromatic rings. The normalized spacial score (nSPS) is 11.7. The Balaban J connectivity index is 0.000000309. The predicted molar refractivity (Wildman–Crippen MR) is 363 cm³/mol. The second kappa shape index (κ2) is 42.4. The van der Waals surface area contributed by atoms with Gasteiger partial charge in [0.05, 0.1) is 96.2 Å². The molecule has 0 radical (unpaired) electrons. The monoisotopic (exact) mass is 1780 g/mol. The van der Waals surface area contributed by atoms with Gasteiger partial charge in [0, 0.05) is 46.6 Å². The molecule has 46 heteroatoms. The SMILES string of the molecule is C#CCCl.ClCCl.FC(F)(F)c1ccc(-c2cc(CCl)on2)c(C(F)(F)F)c1.Fc1ccccc1-c1nc2cc[n+](Cc3cc(-c4ccc(C(F)(F)F)cc4C(F)(F)F)no3)cc2[nH]1.Fc1ccccc1-c1nc2ccncc2[nH]1.O/N=C/c1ccc(C(F)(F)F)cc1C(F)(F)F.O=Cc1ccc(C(F)(F)F)cc1C(F)(F)F.[Na+].[O-]Cl. The molecule has 0 fully saturated rings. The number of aromatic amines is 2. The molecular weight excluding hydrogens is 1740 g/mol. The van der Waals surface area contributed by atoms with Crippen molar-refractivity contribution in [3.63, 3.8) is 0 Å². The molecule has 0 unspecified atom stereocenters. The van der Waals surface area contributed by atoms with Crippen molar-refractivity contribution in [2.75, 3.05) is 11.2 Å². The van der Waals surface area contributed by atoms with E-state index in [1.807, 2.05) is 0 Å². The van der Waals surface area contributed by atoms with Crippen LogP contribution < -0.4 is 38.8 Å². The minimum absolute atomic E-state index is 0. The number of rotatable bonds is 9. The van der Waals surface area contributed by atoms with Gasteiger partial charge in [0.25, 0.3) is 0 Å². The topological polar surface area (TPSA) is 199 Å². The molecule has 614 valence electrons. The summed E-state index contributed by atoms with van der Waals surface area (Å²) in [4.78, 5) is 29.0.